The van der Waals surface area contributed by atoms with Crippen LogP contribution in [0.25, 0.3) is 11.3 Å². The molecule has 0 bridgehead atoms. The van der Waals surface area contributed by atoms with Crippen LogP contribution >= 0.6 is 0 Å². The predicted octanol–water partition coefficient (Wildman–Crippen LogP) is 15.0. The van der Waals surface area contributed by atoms with Gasteiger partial charge in [0, 0.05) is 46.3 Å². The van der Waals surface area contributed by atoms with E-state index in [9.17, 15) is 0 Å². The number of para-hydroxylation sites is 1. The molecule has 0 spiro atoms. The van der Waals surface area contributed by atoms with Crippen molar-refractivity contribution in [2.45, 2.75) is 126 Å². The standard InChI is InChI=1S/C57H67N5O/c1-35(2)50(36(3)4)57(15)56(13,14)62(51-38(6)20-18-21-39(51)7)52(60-57)41-30-40(48-23-16-17-26-58-48)31-45(32-41)63-44-29-37(5)28-43(34-44)61-49-25-24-42(54(8,9)10)33-47(49)55(11,12)46-22-19-27-59-53(46)61/h16-36,50H,1-15H3/t57-/m1/s1. The minimum Gasteiger partial charge on any atom is -0.457 e. The molecule has 0 N–H and O–H groups in total. The highest BCUT2D eigenvalue weighted by Gasteiger charge is 2.58. The summed E-state index contributed by atoms with van der Waals surface area (Å²) in [4.78, 5) is 20.7. The Labute approximate surface area is 377 Å². The van der Waals surface area contributed by atoms with E-state index in [1.165, 1.54) is 33.5 Å². The molecule has 4 heterocycles. The molecule has 0 fully saturated rings. The number of benzene rings is 4. The molecule has 0 aliphatic carbocycles. The van der Waals surface area contributed by atoms with Crippen LogP contribution in [0.3, 0.4) is 0 Å². The summed E-state index contributed by atoms with van der Waals surface area (Å²) >= 11 is 0. The molecular formula is C57H67N5O. The van der Waals surface area contributed by atoms with Crippen LogP contribution < -0.4 is 14.5 Å². The van der Waals surface area contributed by atoms with Gasteiger partial charge in [0.15, 0.2) is 0 Å². The van der Waals surface area contributed by atoms with E-state index in [1.54, 1.807) is 0 Å². The molecule has 2 aromatic heterocycles. The minimum absolute atomic E-state index is 0.0109. The van der Waals surface area contributed by atoms with Crippen molar-refractivity contribution in [3.8, 4) is 22.8 Å². The fraction of sp³-hybridized carbons (Fsp3) is 0.386. The third-order valence-electron chi connectivity index (χ3n) is 14.2. The first-order valence-electron chi connectivity index (χ1n) is 22.9. The van der Waals surface area contributed by atoms with E-state index in [1.807, 2.05) is 24.5 Å². The number of anilines is 4. The van der Waals surface area contributed by atoms with E-state index < -0.39 is 5.54 Å². The summed E-state index contributed by atoms with van der Waals surface area (Å²) in [6, 6.07) is 37.0. The van der Waals surface area contributed by atoms with Gasteiger partial charge in [-0.1, -0.05) is 105 Å². The van der Waals surface area contributed by atoms with Gasteiger partial charge in [-0.3, -0.25) is 14.9 Å². The lowest BCUT2D eigenvalue weighted by Crippen LogP contribution is -2.60. The Balaban J connectivity index is 1.30. The number of fused-ring (bicyclic) bond motifs is 2. The van der Waals surface area contributed by atoms with Crippen molar-refractivity contribution in [1.29, 1.82) is 0 Å². The third-order valence-corrected chi connectivity index (χ3v) is 14.2. The Hall–Kier alpha value is -5.75. The Morgan fingerprint density at radius 1 is 0.635 bits per heavy atom. The summed E-state index contributed by atoms with van der Waals surface area (Å²) in [5.41, 5.74) is 12.5. The fourth-order valence-electron chi connectivity index (χ4n) is 11.0. The van der Waals surface area contributed by atoms with E-state index >= 15 is 0 Å². The van der Waals surface area contributed by atoms with E-state index in [0.717, 1.165) is 56.9 Å². The number of aliphatic imine (C=N–C) groups is 1. The van der Waals surface area contributed by atoms with E-state index in [0.29, 0.717) is 17.8 Å². The second-order valence-electron chi connectivity index (χ2n) is 21.1. The zero-order valence-corrected chi connectivity index (χ0v) is 40.3. The van der Waals surface area contributed by atoms with Gasteiger partial charge in [-0.2, -0.15) is 0 Å². The van der Waals surface area contributed by atoms with Gasteiger partial charge in [0.1, 0.15) is 23.2 Å². The number of aromatic nitrogens is 2. The molecule has 2 aliphatic heterocycles. The first-order chi connectivity index (χ1) is 29.6. The molecule has 326 valence electrons. The Morgan fingerprint density at radius 2 is 1.30 bits per heavy atom. The number of nitrogens with zero attached hydrogens (tertiary/aromatic N) is 5. The number of aryl methyl sites for hydroxylation is 3. The molecular weight excluding hydrogens is 771 g/mol. The lowest BCUT2D eigenvalue weighted by atomic mass is 9.64. The molecule has 0 amide bonds. The van der Waals surface area contributed by atoms with Crippen molar-refractivity contribution in [2.24, 2.45) is 22.7 Å². The third kappa shape index (κ3) is 7.53. The van der Waals surface area contributed by atoms with Crippen LogP contribution in [-0.4, -0.2) is 26.9 Å². The van der Waals surface area contributed by atoms with Gasteiger partial charge in [0.05, 0.1) is 28.1 Å². The van der Waals surface area contributed by atoms with Gasteiger partial charge >= 0.3 is 0 Å². The van der Waals surface area contributed by atoms with Gasteiger partial charge in [0.25, 0.3) is 0 Å². The van der Waals surface area contributed by atoms with E-state index in [2.05, 4.69) is 205 Å². The molecule has 6 aromatic rings. The zero-order chi connectivity index (χ0) is 45.4. The highest BCUT2D eigenvalue weighted by molar-refractivity contribution is 6.14. The van der Waals surface area contributed by atoms with Gasteiger partial charge in [0.2, 0.25) is 0 Å². The SMILES string of the molecule is Cc1cc(Oc2cc(C3=N[C@](C)(C(C(C)C)C(C)C)C(C)(C)N3c3c(C)cccc3C)cc(-c3ccccn3)c2)cc(N2c3ccc(C(C)(C)C)cc3C(C)(C)c3cccnc32)c1. The monoisotopic (exact) mass is 838 g/mol. The topological polar surface area (TPSA) is 53.9 Å². The molecule has 6 heteroatoms. The van der Waals surface area contributed by atoms with Crippen LogP contribution in [0.1, 0.15) is 122 Å². The molecule has 4 aromatic carbocycles. The first kappa shape index (κ1) is 43.9. The van der Waals surface area contributed by atoms with Crippen molar-refractivity contribution in [2.75, 3.05) is 9.80 Å². The maximum atomic E-state index is 7.10. The molecule has 0 saturated heterocycles. The van der Waals surface area contributed by atoms with Crippen molar-refractivity contribution in [1.82, 2.24) is 9.97 Å². The Morgan fingerprint density at radius 3 is 1.95 bits per heavy atom. The number of rotatable bonds is 9. The Bertz CT molecular complexity index is 2690. The molecule has 0 unspecified atom stereocenters. The van der Waals surface area contributed by atoms with Gasteiger partial charge in [-0.15, -0.1) is 0 Å². The number of hydrogen-bond donors (Lipinski definition) is 0. The highest BCUT2D eigenvalue weighted by atomic mass is 16.5. The Kier molecular flexibility index (Phi) is 11.0. The van der Waals surface area contributed by atoms with Crippen LogP contribution in [0, 0.1) is 38.5 Å². The fourth-order valence-corrected chi connectivity index (χ4v) is 11.0. The van der Waals surface area contributed by atoms with Crippen LogP contribution in [0.15, 0.2) is 121 Å². The lowest BCUT2D eigenvalue weighted by molar-refractivity contribution is 0.116. The number of ether oxygens (including phenoxy) is 1. The van der Waals surface area contributed by atoms with Gasteiger partial charge in [-0.05, 0) is 147 Å². The molecule has 0 radical (unpaired) electrons. The number of hydrogen-bond acceptors (Lipinski definition) is 6. The number of amidine groups is 1. The molecule has 63 heavy (non-hydrogen) atoms. The van der Waals surface area contributed by atoms with E-state index in [4.69, 9.17) is 19.7 Å². The van der Waals surface area contributed by atoms with Gasteiger partial charge in [-0.25, -0.2) is 4.98 Å². The van der Waals surface area contributed by atoms with Crippen LogP contribution in [0.5, 0.6) is 11.5 Å². The lowest BCUT2D eigenvalue weighted by Gasteiger charge is -2.50. The quantitative estimate of drug-likeness (QED) is 0.145. The first-order valence-corrected chi connectivity index (χ1v) is 22.9. The summed E-state index contributed by atoms with van der Waals surface area (Å²) in [6.07, 6.45) is 3.76. The minimum atomic E-state index is -0.413. The maximum absolute atomic E-state index is 7.10. The number of pyridine rings is 2. The van der Waals surface area contributed by atoms with E-state index in [-0.39, 0.29) is 16.4 Å². The van der Waals surface area contributed by atoms with Gasteiger partial charge < -0.3 is 9.64 Å². The van der Waals surface area contributed by atoms with Crippen LogP contribution in [-0.2, 0) is 10.8 Å². The predicted molar refractivity (Wildman–Crippen MR) is 265 cm³/mol. The second kappa shape index (κ2) is 15.8. The molecule has 1 atom stereocenters. The van der Waals surface area contributed by atoms with Crippen molar-refractivity contribution in [3.05, 3.63) is 154 Å². The summed E-state index contributed by atoms with van der Waals surface area (Å²) < 4.78 is 7.10. The smallest absolute Gasteiger partial charge is 0.141 e. The summed E-state index contributed by atoms with van der Waals surface area (Å²) in [5.74, 6) is 4.52. The van der Waals surface area contributed by atoms with Crippen LogP contribution in [0.4, 0.5) is 22.9 Å². The summed E-state index contributed by atoms with van der Waals surface area (Å²) in [7, 11) is 0. The maximum Gasteiger partial charge on any atom is 0.141 e. The zero-order valence-electron chi connectivity index (χ0n) is 40.3. The van der Waals surface area contributed by atoms with Crippen LogP contribution in [0.2, 0.25) is 0 Å². The van der Waals surface area contributed by atoms with Crippen molar-refractivity contribution >= 4 is 28.7 Å². The average molecular weight is 838 g/mol. The molecule has 6 nitrogen and oxygen atoms in total. The highest BCUT2D eigenvalue weighted by Crippen LogP contribution is 2.54. The molecule has 0 saturated carbocycles. The summed E-state index contributed by atoms with van der Waals surface area (Å²) in [6.45, 7) is 34.6. The van der Waals surface area contributed by atoms with Crippen molar-refractivity contribution < 1.29 is 4.74 Å². The second-order valence-corrected chi connectivity index (χ2v) is 21.1. The largest absolute Gasteiger partial charge is 0.457 e. The molecule has 2 aliphatic rings. The summed E-state index contributed by atoms with van der Waals surface area (Å²) in [5, 5.41) is 0. The van der Waals surface area contributed by atoms with Crippen molar-refractivity contribution in [3.63, 3.8) is 0 Å². The normalized spacial score (nSPS) is 17.9. The average Bonchev–Trinajstić information content (AvgIpc) is 3.41. The molecule has 8 rings (SSSR count).